The highest BCUT2D eigenvalue weighted by Gasteiger charge is 2.66. The molecule has 2 N–H and O–H groups in total. The van der Waals surface area contributed by atoms with Crippen LogP contribution in [0.2, 0.25) is 23.7 Å². The number of anilines is 3. The van der Waals surface area contributed by atoms with E-state index in [1.54, 1.807) is 26.8 Å². The van der Waals surface area contributed by atoms with E-state index in [2.05, 4.69) is 6.07 Å². The highest BCUT2D eigenvalue weighted by Crippen LogP contribution is 2.60. The standard InChI is InChI=1S/C42H44ClN3O6Si/c1-26-40(53(2,3)51)37(22-39(49)44-24-30-10-5-4-9-29(30)20-33(44)25-47)52-42(26)34-21-31(43)15-18-36(34)45(41(42)50)23-27-12-16-32(17-13-27)46-35-11-7-6-8-28(35)14-19-38(46)48/h4-13,15-18,21,26,33,37,40,47,51H,14,19-20,22-25H2,1-3H3/t26-,33+,37+,40-,42+/m1/s1. The molecule has 0 aromatic heterocycles. The number of aryl methyl sites for hydroxylation is 1. The Balaban J connectivity index is 1.09. The van der Waals surface area contributed by atoms with Crippen LogP contribution in [0.1, 0.15) is 47.6 Å². The summed E-state index contributed by atoms with van der Waals surface area (Å²) in [5, 5.41) is 10.8. The molecule has 3 amide bonds. The number of aliphatic hydroxyl groups excluding tert-OH is 1. The molecular weight excluding hydrogens is 706 g/mol. The molecule has 1 spiro atoms. The van der Waals surface area contributed by atoms with Gasteiger partial charge in [-0.1, -0.05) is 73.1 Å². The Hall–Kier alpha value is -4.32. The van der Waals surface area contributed by atoms with E-state index in [1.807, 2.05) is 92.8 Å². The van der Waals surface area contributed by atoms with Crippen LogP contribution in [-0.4, -0.2) is 59.6 Å². The van der Waals surface area contributed by atoms with Gasteiger partial charge >= 0.3 is 0 Å². The monoisotopic (exact) mass is 749 g/mol. The van der Waals surface area contributed by atoms with E-state index < -0.39 is 31.5 Å². The Morgan fingerprint density at radius 2 is 1.62 bits per heavy atom. The minimum Gasteiger partial charge on any atom is -0.432 e. The molecule has 5 atom stereocenters. The van der Waals surface area contributed by atoms with Crippen LogP contribution >= 0.6 is 11.6 Å². The van der Waals surface area contributed by atoms with Crippen molar-refractivity contribution >= 4 is 54.7 Å². The van der Waals surface area contributed by atoms with Crippen LogP contribution in [0.25, 0.3) is 0 Å². The van der Waals surface area contributed by atoms with E-state index in [9.17, 15) is 24.3 Å². The lowest BCUT2D eigenvalue weighted by molar-refractivity contribution is -0.151. The van der Waals surface area contributed by atoms with Gasteiger partial charge in [0.15, 0.2) is 13.9 Å². The number of rotatable bonds is 7. The normalized spacial score (nSPS) is 25.1. The van der Waals surface area contributed by atoms with Crippen LogP contribution in [0.5, 0.6) is 0 Å². The number of carbonyl (C=O) groups excluding carboxylic acids is 3. The van der Waals surface area contributed by atoms with Crippen molar-refractivity contribution in [3.63, 3.8) is 0 Å². The molecule has 0 saturated carbocycles. The second-order valence-electron chi connectivity index (χ2n) is 15.5. The van der Waals surface area contributed by atoms with E-state index in [0.29, 0.717) is 42.1 Å². The van der Waals surface area contributed by atoms with Gasteiger partial charge < -0.3 is 24.4 Å². The Labute approximate surface area is 315 Å². The maximum atomic E-state index is 15.0. The third kappa shape index (κ3) is 6.01. The van der Waals surface area contributed by atoms with Crippen LogP contribution in [0.15, 0.2) is 91.0 Å². The number of hydrogen-bond donors (Lipinski definition) is 2. The molecule has 274 valence electrons. The summed E-state index contributed by atoms with van der Waals surface area (Å²) in [5.74, 6) is -0.865. The fourth-order valence-electron chi connectivity index (χ4n) is 9.38. The number of aliphatic hydroxyl groups is 1. The van der Waals surface area contributed by atoms with Crippen LogP contribution in [-0.2, 0) is 50.7 Å². The van der Waals surface area contributed by atoms with Crippen molar-refractivity contribution in [2.75, 3.05) is 16.4 Å². The van der Waals surface area contributed by atoms with E-state index in [4.69, 9.17) is 16.3 Å². The number of hydrogen-bond acceptors (Lipinski definition) is 6. The molecule has 4 aliphatic heterocycles. The van der Waals surface area contributed by atoms with Gasteiger partial charge in [-0.25, -0.2) is 0 Å². The first kappa shape index (κ1) is 35.7. The highest BCUT2D eigenvalue weighted by atomic mass is 35.5. The number of amides is 3. The van der Waals surface area contributed by atoms with Crippen molar-refractivity contribution in [1.82, 2.24) is 4.90 Å². The predicted octanol–water partition coefficient (Wildman–Crippen LogP) is 6.63. The van der Waals surface area contributed by atoms with Gasteiger partial charge in [0.05, 0.1) is 43.1 Å². The Morgan fingerprint density at radius 1 is 0.925 bits per heavy atom. The van der Waals surface area contributed by atoms with Crippen LogP contribution in [0, 0.1) is 5.92 Å². The van der Waals surface area contributed by atoms with Crippen molar-refractivity contribution in [3.05, 3.63) is 124 Å². The topological polar surface area (TPSA) is 111 Å². The third-order valence-electron chi connectivity index (χ3n) is 11.8. The van der Waals surface area contributed by atoms with Crippen LogP contribution < -0.4 is 9.80 Å². The van der Waals surface area contributed by atoms with Crippen molar-refractivity contribution in [1.29, 1.82) is 0 Å². The SMILES string of the molecule is C[C@@H]1[C@@H]([Si](C)(C)O)[C@H](CC(=O)N2Cc3ccccc3C[C@H]2CO)O[C@@]12C(=O)N(Cc1ccc(N3C(=O)CCc4ccccc43)cc1)c1ccc(Cl)cc12. The number of fused-ring (bicyclic) bond motifs is 4. The predicted molar refractivity (Wildman–Crippen MR) is 206 cm³/mol. The molecule has 0 radical (unpaired) electrons. The summed E-state index contributed by atoms with van der Waals surface area (Å²) < 4.78 is 6.94. The number of nitrogens with zero attached hydrogens (tertiary/aromatic N) is 3. The fourth-order valence-corrected chi connectivity index (χ4v) is 12.1. The van der Waals surface area contributed by atoms with Crippen molar-refractivity contribution in [2.24, 2.45) is 5.92 Å². The average molecular weight is 750 g/mol. The molecule has 1 saturated heterocycles. The zero-order valence-corrected chi connectivity index (χ0v) is 31.9. The second-order valence-corrected chi connectivity index (χ2v) is 19.9. The molecule has 4 aromatic rings. The highest BCUT2D eigenvalue weighted by molar-refractivity contribution is 6.71. The van der Waals surface area contributed by atoms with Crippen molar-refractivity contribution in [2.45, 2.75) is 82.1 Å². The summed E-state index contributed by atoms with van der Waals surface area (Å²) in [5.41, 5.74) is 5.21. The lowest BCUT2D eigenvalue weighted by atomic mass is 9.82. The van der Waals surface area contributed by atoms with E-state index in [0.717, 1.165) is 33.6 Å². The third-order valence-corrected chi connectivity index (χ3v) is 14.6. The Kier molecular flexibility index (Phi) is 9.10. The summed E-state index contributed by atoms with van der Waals surface area (Å²) >= 11 is 6.61. The van der Waals surface area contributed by atoms with Gasteiger partial charge in [-0.3, -0.25) is 19.3 Å². The molecular formula is C42H44ClN3O6Si. The van der Waals surface area contributed by atoms with Gasteiger partial charge in [0.1, 0.15) is 0 Å². The lowest BCUT2D eigenvalue weighted by Crippen LogP contribution is -2.48. The number of carbonyl (C=O) groups is 3. The van der Waals surface area contributed by atoms with Gasteiger partial charge in [0, 0.05) is 40.7 Å². The molecule has 53 heavy (non-hydrogen) atoms. The van der Waals surface area contributed by atoms with E-state index >= 15 is 0 Å². The lowest BCUT2D eigenvalue weighted by Gasteiger charge is -2.37. The van der Waals surface area contributed by atoms with E-state index in [-0.39, 0.29) is 43.3 Å². The Bertz CT molecular complexity index is 2100. The first-order valence-corrected chi connectivity index (χ1v) is 21.8. The van der Waals surface area contributed by atoms with Crippen LogP contribution in [0.4, 0.5) is 17.1 Å². The molecule has 4 aromatic carbocycles. The molecule has 4 heterocycles. The van der Waals surface area contributed by atoms with Crippen LogP contribution in [0.3, 0.4) is 0 Å². The van der Waals surface area contributed by atoms with E-state index in [1.165, 1.54) is 0 Å². The van der Waals surface area contributed by atoms with Crippen molar-refractivity contribution in [3.8, 4) is 0 Å². The second kappa shape index (κ2) is 13.5. The number of para-hydroxylation sites is 1. The Morgan fingerprint density at radius 3 is 2.34 bits per heavy atom. The largest absolute Gasteiger partial charge is 0.432 e. The van der Waals surface area contributed by atoms with Gasteiger partial charge in [-0.05, 0) is 84.6 Å². The summed E-state index contributed by atoms with van der Waals surface area (Å²) in [6.07, 6.45) is 0.940. The summed E-state index contributed by atoms with van der Waals surface area (Å²) in [6, 6.07) is 28.6. The molecule has 11 heteroatoms. The number of benzene rings is 4. The maximum Gasteiger partial charge on any atom is 0.264 e. The molecule has 8 rings (SSSR count). The zero-order chi connectivity index (χ0) is 37.2. The molecule has 0 aliphatic carbocycles. The summed E-state index contributed by atoms with van der Waals surface area (Å²) in [4.78, 5) is 59.2. The molecule has 1 fully saturated rings. The summed E-state index contributed by atoms with van der Waals surface area (Å²) in [6.45, 7) is 6.07. The van der Waals surface area contributed by atoms with Gasteiger partial charge in [0.25, 0.3) is 5.91 Å². The minimum atomic E-state index is -3.04. The van der Waals surface area contributed by atoms with Gasteiger partial charge in [-0.15, -0.1) is 0 Å². The molecule has 0 unspecified atom stereocenters. The van der Waals surface area contributed by atoms with Crippen molar-refractivity contribution < 1.29 is 29.0 Å². The zero-order valence-electron chi connectivity index (χ0n) is 30.2. The first-order valence-electron chi connectivity index (χ1n) is 18.4. The van der Waals surface area contributed by atoms with Gasteiger partial charge in [0.2, 0.25) is 11.8 Å². The number of halogens is 1. The fraction of sp³-hybridized carbons (Fsp3) is 0.357. The molecule has 9 nitrogen and oxygen atoms in total. The smallest absolute Gasteiger partial charge is 0.264 e. The number of ether oxygens (including phenoxy) is 1. The molecule has 0 bridgehead atoms. The molecule has 4 aliphatic rings. The summed E-state index contributed by atoms with van der Waals surface area (Å²) in [7, 11) is -3.04. The minimum absolute atomic E-state index is 0.0323. The quantitative estimate of drug-likeness (QED) is 0.205. The first-order chi connectivity index (χ1) is 25.4. The van der Waals surface area contributed by atoms with Gasteiger partial charge in [-0.2, -0.15) is 0 Å². The maximum absolute atomic E-state index is 15.0. The average Bonchev–Trinajstić information content (AvgIpc) is 3.56.